The zero-order chi connectivity index (χ0) is 14.0. The van der Waals surface area contributed by atoms with Crippen LogP contribution in [0, 0.1) is 13.8 Å². The molecule has 0 aliphatic carbocycles. The third-order valence-electron chi connectivity index (χ3n) is 3.30. The van der Waals surface area contributed by atoms with Crippen LogP contribution in [-0.4, -0.2) is 15.8 Å². The zero-order valence-corrected chi connectivity index (χ0v) is 13.2. The number of aryl methyl sites for hydroxylation is 2. The Bertz CT molecular complexity index is 575. The number of rotatable bonds is 4. The number of halogens is 1. The van der Waals surface area contributed by atoms with Crippen molar-refractivity contribution in [3.63, 3.8) is 0 Å². The lowest BCUT2D eigenvalue weighted by atomic mass is 10.0. The number of hydrogen-bond donors (Lipinski definition) is 1. The topological polar surface area (TPSA) is 43.8 Å². The van der Waals surface area contributed by atoms with Crippen molar-refractivity contribution in [3.05, 3.63) is 45.7 Å². The van der Waals surface area contributed by atoms with Crippen LogP contribution in [0.3, 0.4) is 0 Å². The van der Waals surface area contributed by atoms with Crippen molar-refractivity contribution < 1.29 is 0 Å². The van der Waals surface area contributed by atoms with Gasteiger partial charge in [-0.15, -0.1) is 0 Å². The lowest BCUT2D eigenvalue weighted by molar-refractivity contribution is 0.645. The maximum atomic E-state index is 6.01. The summed E-state index contributed by atoms with van der Waals surface area (Å²) in [5.41, 5.74) is 10.5. The van der Waals surface area contributed by atoms with Gasteiger partial charge in [-0.05, 0) is 50.5 Å². The number of hydrogen-bond acceptors (Lipinski definition) is 2. The first-order valence-corrected chi connectivity index (χ1v) is 7.38. The Hall–Kier alpha value is -1.13. The third-order valence-corrected chi connectivity index (χ3v) is 4.04. The van der Waals surface area contributed by atoms with Crippen molar-refractivity contribution in [3.8, 4) is 5.69 Å². The summed E-state index contributed by atoms with van der Waals surface area (Å²) in [4.78, 5) is 0. The minimum Gasteiger partial charge on any atom is -0.327 e. The summed E-state index contributed by atoms with van der Waals surface area (Å²) < 4.78 is 3.06. The highest BCUT2D eigenvalue weighted by Gasteiger charge is 2.09. The number of aromatic nitrogens is 2. The molecule has 1 heterocycles. The van der Waals surface area contributed by atoms with Gasteiger partial charge in [0, 0.05) is 16.2 Å². The Morgan fingerprint density at radius 1 is 1.32 bits per heavy atom. The Balaban J connectivity index is 2.31. The molecule has 1 aromatic heterocycles. The maximum Gasteiger partial charge on any atom is 0.0660 e. The highest BCUT2D eigenvalue weighted by molar-refractivity contribution is 9.10. The Morgan fingerprint density at radius 2 is 2.05 bits per heavy atom. The molecule has 102 valence electrons. The minimum atomic E-state index is 0.218. The van der Waals surface area contributed by atoms with Crippen LogP contribution in [0.15, 0.2) is 28.7 Å². The lowest BCUT2D eigenvalue weighted by Gasteiger charge is -2.12. The van der Waals surface area contributed by atoms with E-state index in [1.807, 2.05) is 11.6 Å². The van der Waals surface area contributed by atoms with Gasteiger partial charge in [-0.1, -0.05) is 28.9 Å². The van der Waals surface area contributed by atoms with Gasteiger partial charge in [0.2, 0.25) is 0 Å². The second kappa shape index (κ2) is 5.88. The second-order valence-corrected chi connectivity index (χ2v) is 5.84. The molecule has 3 nitrogen and oxygen atoms in total. The van der Waals surface area contributed by atoms with Gasteiger partial charge in [0.1, 0.15) is 0 Å². The normalized spacial score (nSPS) is 12.7. The van der Waals surface area contributed by atoms with Crippen LogP contribution in [0.4, 0.5) is 0 Å². The van der Waals surface area contributed by atoms with Crippen molar-refractivity contribution in [2.75, 3.05) is 0 Å². The molecule has 4 heteroatoms. The van der Waals surface area contributed by atoms with Crippen molar-refractivity contribution >= 4 is 15.9 Å². The van der Waals surface area contributed by atoms with Crippen molar-refractivity contribution in [2.45, 2.75) is 39.7 Å². The van der Waals surface area contributed by atoms with Gasteiger partial charge < -0.3 is 5.73 Å². The van der Waals surface area contributed by atoms with Gasteiger partial charge in [0.15, 0.2) is 0 Å². The fraction of sp³-hybridized carbons (Fsp3) is 0.400. The smallest absolute Gasteiger partial charge is 0.0660 e. The van der Waals surface area contributed by atoms with Gasteiger partial charge in [-0.3, -0.25) is 0 Å². The largest absolute Gasteiger partial charge is 0.327 e. The first kappa shape index (κ1) is 14.3. The summed E-state index contributed by atoms with van der Waals surface area (Å²) in [6, 6.07) is 8.63. The van der Waals surface area contributed by atoms with Gasteiger partial charge in [-0.25, -0.2) is 4.68 Å². The molecule has 1 unspecified atom stereocenters. The zero-order valence-electron chi connectivity index (χ0n) is 11.7. The van der Waals surface area contributed by atoms with Gasteiger partial charge in [0.25, 0.3) is 0 Å². The molecule has 0 aliphatic heterocycles. The molecular formula is C15H20BrN3. The van der Waals surface area contributed by atoms with Crippen LogP contribution in [-0.2, 0) is 6.42 Å². The molecular weight excluding hydrogens is 302 g/mol. The number of nitrogens with two attached hydrogens (primary N) is 1. The van der Waals surface area contributed by atoms with Crippen LogP contribution >= 0.6 is 15.9 Å². The molecule has 2 aromatic rings. The van der Waals surface area contributed by atoms with Gasteiger partial charge in [0.05, 0.1) is 11.4 Å². The molecule has 0 spiro atoms. The van der Waals surface area contributed by atoms with E-state index < -0.39 is 0 Å². The second-order valence-electron chi connectivity index (χ2n) is 4.99. The number of nitrogens with zero attached hydrogens (tertiary/aromatic N) is 2. The van der Waals surface area contributed by atoms with Crippen LogP contribution in [0.2, 0.25) is 0 Å². The predicted octanol–water partition coefficient (Wildman–Crippen LogP) is 3.53. The van der Waals surface area contributed by atoms with Gasteiger partial charge in [-0.2, -0.15) is 5.10 Å². The summed E-state index contributed by atoms with van der Waals surface area (Å²) in [7, 11) is 0. The average molecular weight is 322 g/mol. The average Bonchev–Trinajstić information content (AvgIpc) is 2.71. The molecule has 0 saturated carbocycles. The van der Waals surface area contributed by atoms with E-state index in [0.29, 0.717) is 0 Å². The van der Waals surface area contributed by atoms with Crippen LogP contribution in [0.1, 0.15) is 30.3 Å². The SMILES string of the molecule is CCC(N)Cc1ccc(-n2nc(C)cc2C)cc1Br. The maximum absolute atomic E-state index is 6.01. The van der Waals surface area contributed by atoms with E-state index in [9.17, 15) is 0 Å². The molecule has 0 aliphatic rings. The fourth-order valence-electron chi connectivity index (χ4n) is 2.15. The van der Waals surface area contributed by atoms with Gasteiger partial charge >= 0.3 is 0 Å². The molecule has 0 amide bonds. The summed E-state index contributed by atoms with van der Waals surface area (Å²) >= 11 is 3.64. The number of benzene rings is 1. The molecule has 1 atom stereocenters. The van der Waals surface area contributed by atoms with Crippen LogP contribution in [0.5, 0.6) is 0 Å². The summed E-state index contributed by atoms with van der Waals surface area (Å²) in [6.07, 6.45) is 1.89. The van der Waals surface area contributed by atoms with E-state index in [4.69, 9.17) is 5.73 Å². The first-order chi connectivity index (χ1) is 9.01. The van der Waals surface area contributed by atoms with E-state index in [2.05, 4.69) is 59.1 Å². The van der Waals surface area contributed by atoms with Crippen molar-refractivity contribution in [2.24, 2.45) is 5.73 Å². The molecule has 19 heavy (non-hydrogen) atoms. The Morgan fingerprint density at radius 3 is 2.58 bits per heavy atom. The van der Waals surface area contributed by atoms with E-state index in [1.54, 1.807) is 0 Å². The molecule has 2 rings (SSSR count). The van der Waals surface area contributed by atoms with Crippen molar-refractivity contribution in [1.82, 2.24) is 9.78 Å². The Labute approximate surface area is 122 Å². The standard InChI is InChI=1S/C15H20BrN3/c1-4-13(17)8-12-5-6-14(9-15(12)16)19-11(3)7-10(2)18-19/h5-7,9,13H,4,8,17H2,1-3H3. The van der Waals surface area contributed by atoms with E-state index in [-0.39, 0.29) is 6.04 Å². The molecule has 0 fully saturated rings. The Kier molecular flexibility index (Phi) is 4.42. The molecule has 1 aromatic carbocycles. The molecule has 2 N–H and O–H groups in total. The lowest BCUT2D eigenvalue weighted by Crippen LogP contribution is -2.21. The van der Waals surface area contributed by atoms with Crippen molar-refractivity contribution in [1.29, 1.82) is 0 Å². The van der Waals surface area contributed by atoms with E-state index in [1.165, 1.54) is 5.56 Å². The van der Waals surface area contributed by atoms with Crippen LogP contribution in [0.25, 0.3) is 5.69 Å². The summed E-state index contributed by atoms with van der Waals surface area (Å²) in [6.45, 7) is 6.19. The monoisotopic (exact) mass is 321 g/mol. The first-order valence-electron chi connectivity index (χ1n) is 6.59. The quantitative estimate of drug-likeness (QED) is 0.936. The van der Waals surface area contributed by atoms with Crippen LogP contribution < -0.4 is 5.73 Å². The van der Waals surface area contributed by atoms with E-state index in [0.717, 1.165) is 34.4 Å². The highest BCUT2D eigenvalue weighted by atomic mass is 79.9. The predicted molar refractivity (Wildman–Crippen MR) is 82.7 cm³/mol. The molecule has 0 radical (unpaired) electrons. The molecule has 0 saturated heterocycles. The summed E-state index contributed by atoms with van der Waals surface area (Å²) in [5.74, 6) is 0. The third kappa shape index (κ3) is 3.25. The summed E-state index contributed by atoms with van der Waals surface area (Å²) in [5, 5.41) is 4.50. The van der Waals surface area contributed by atoms with E-state index >= 15 is 0 Å². The minimum absolute atomic E-state index is 0.218. The fourth-order valence-corrected chi connectivity index (χ4v) is 2.68. The molecule has 0 bridgehead atoms. The highest BCUT2D eigenvalue weighted by Crippen LogP contribution is 2.23.